The van der Waals surface area contributed by atoms with E-state index in [1.807, 2.05) is 13.0 Å². The first-order valence-electron chi connectivity index (χ1n) is 5.77. The van der Waals surface area contributed by atoms with Gasteiger partial charge in [-0.15, -0.1) is 11.3 Å². The van der Waals surface area contributed by atoms with Crippen molar-refractivity contribution in [3.63, 3.8) is 0 Å². The van der Waals surface area contributed by atoms with Crippen LogP contribution in [0.3, 0.4) is 0 Å². The second kappa shape index (κ2) is 5.78. The number of benzene rings is 1. The first-order valence-corrected chi connectivity index (χ1v) is 6.65. The van der Waals surface area contributed by atoms with E-state index in [9.17, 15) is 22.0 Å². The van der Waals surface area contributed by atoms with Crippen molar-refractivity contribution < 1.29 is 22.0 Å². The Morgan fingerprint density at radius 3 is 2.05 bits per heavy atom. The molecule has 0 fully saturated rings. The highest BCUT2D eigenvalue weighted by atomic mass is 32.1. The van der Waals surface area contributed by atoms with E-state index < -0.39 is 34.8 Å². The van der Waals surface area contributed by atoms with Gasteiger partial charge in [0.2, 0.25) is 5.82 Å². The summed E-state index contributed by atoms with van der Waals surface area (Å²) < 4.78 is 65.8. The van der Waals surface area contributed by atoms with E-state index >= 15 is 0 Å². The van der Waals surface area contributed by atoms with Gasteiger partial charge in [0.15, 0.2) is 23.3 Å². The van der Waals surface area contributed by atoms with Gasteiger partial charge in [0.1, 0.15) is 5.69 Å². The molecule has 0 unspecified atom stereocenters. The average Bonchev–Trinajstić information content (AvgIpc) is 2.90. The van der Waals surface area contributed by atoms with Crippen molar-refractivity contribution in [2.75, 3.05) is 5.32 Å². The SMILES string of the molecule is CCc1ccsc1CNc1c(F)c(F)c(F)c(F)c1F. The Kier molecular flexibility index (Phi) is 4.27. The Morgan fingerprint density at radius 2 is 1.50 bits per heavy atom. The van der Waals surface area contributed by atoms with Gasteiger partial charge in [0.25, 0.3) is 0 Å². The molecule has 0 aliphatic heterocycles. The number of hydrogen-bond acceptors (Lipinski definition) is 2. The molecule has 0 saturated carbocycles. The van der Waals surface area contributed by atoms with Gasteiger partial charge in [0.05, 0.1) is 0 Å². The van der Waals surface area contributed by atoms with Crippen molar-refractivity contribution in [1.29, 1.82) is 0 Å². The van der Waals surface area contributed by atoms with Crippen LogP contribution in [0, 0.1) is 29.1 Å². The third-order valence-corrected chi connectivity index (χ3v) is 3.82. The first-order chi connectivity index (χ1) is 9.47. The van der Waals surface area contributed by atoms with Crippen LogP contribution in [0.25, 0.3) is 0 Å². The third kappa shape index (κ3) is 2.49. The molecule has 1 aromatic carbocycles. The van der Waals surface area contributed by atoms with Crippen LogP contribution in [0.2, 0.25) is 0 Å². The van der Waals surface area contributed by atoms with E-state index in [1.54, 1.807) is 5.38 Å². The summed E-state index contributed by atoms with van der Waals surface area (Å²) in [6, 6.07) is 1.85. The highest BCUT2D eigenvalue weighted by Crippen LogP contribution is 2.28. The molecule has 2 rings (SSSR count). The lowest BCUT2D eigenvalue weighted by atomic mass is 10.2. The molecular weight excluding hydrogens is 297 g/mol. The van der Waals surface area contributed by atoms with Crippen molar-refractivity contribution >= 4 is 17.0 Å². The fraction of sp³-hybridized carbons (Fsp3) is 0.231. The lowest BCUT2D eigenvalue weighted by Gasteiger charge is -2.10. The van der Waals surface area contributed by atoms with Crippen molar-refractivity contribution in [2.24, 2.45) is 0 Å². The van der Waals surface area contributed by atoms with E-state index in [2.05, 4.69) is 5.32 Å². The molecular formula is C13H10F5NS. The van der Waals surface area contributed by atoms with Crippen LogP contribution in [0.4, 0.5) is 27.6 Å². The van der Waals surface area contributed by atoms with E-state index in [0.717, 1.165) is 16.9 Å². The highest BCUT2D eigenvalue weighted by molar-refractivity contribution is 7.10. The first kappa shape index (κ1) is 14.8. The van der Waals surface area contributed by atoms with Crippen LogP contribution in [0.5, 0.6) is 0 Å². The number of halogens is 5. The zero-order valence-electron chi connectivity index (χ0n) is 10.4. The molecule has 1 nitrogen and oxygen atoms in total. The topological polar surface area (TPSA) is 12.0 Å². The fourth-order valence-electron chi connectivity index (χ4n) is 1.77. The fourth-order valence-corrected chi connectivity index (χ4v) is 2.68. The standard InChI is InChI=1S/C13H10F5NS/c1-2-6-3-4-20-7(6)5-19-13-11(17)9(15)8(14)10(16)12(13)18/h3-4,19H,2,5H2,1H3. The van der Waals surface area contributed by atoms with Crippen LogP contribution in [-0.2, 0) is 13.0 Å². The summed E-state index contributed by atoms with van der Waals surface area (Å²) in [5.74, 6) is -9.76. The number of nitrogens with one attached hydrogen (secondary N) is 1. The summed E-state index contributed by atoms with van der Waals surface area (Å²) in [6.45, 7) is 1.91. The number of hydrogen-bond donors (Lipinski definition) is 1. The Balaban J connectivity index is 2.31. The summed E-state index contributed by atoms with van der Waals surface area (Å²) >= 11 is 1.35. The maximum absolute atomic E-state index is 13.4. The largest absolute Gasteiger partial charge is 0.375 e. The third-order valence-electron chi connectivity index (χ3n) is 2.85. The molecule has 108 valence electrons. The van der Waals surface area contributed by atoms with Crippen LogP contribution in [-0.4, -0.2) is 0 Å². The second-order valence-electron chi connectivity index (χ2n) is 4.02. The zero-order chi connectivity index (χ0) is 14.9. The van der Waals surface area contributed by atoms with Gasteiger partial charge in [-0.1, -0.05) is 6.92 Å². The predicted octanol–water partition coefficient (Wildman–Crippen LogP) is 4.62. The van der Waals surface area contributed by atoms with Gasteiger partial charge in [0, 0.05) is 11.4 Å². The van der Waals surface area contributed by atoms with E-state index in [-0.39, 0.29) is 6.54 Å². The molecule has 0 atom stereocenters. The minimum atomic E-state index is -2.16. The minimum Gasteiger partial charge on any atom is -0.375 e. The molecule has 1 N–H and O–H groups in total. The summed E-state index contributed by atoms with van der Waals surface area (Å²) in [4.78, 5) is 0.788. The normalized spacial score (nSPS) is 10.9. The molecule has 1 heterocycles. The molecule has 0 aliphatic carbocycles. The highest BCUT2D eigenvalue weighted by Gasteiger charge is 2.25. The van der Waals surface area contributed by atoms with Crippen LogP contribution in [0.15, 0.2) is 11.4 Å². The lowest BCUT2D eigenvalue weighted by molar-refractivity contribution is 0.381. The number of thiophene rings is 1. The van der Waals surface area contributed by atoms with Gasteiger partial charge < -0.3 is 5.32 Å². The summed E-state index contributed by atoms with van der Waals surface area (Å²) in [5.41, 5.74) is -0.0387. The Bertz CT molecular complexity index is 609. The van der Waals surface area contributed by atoms with E-state index in [4.69, 9.17) is 0 Å². The van der Waals surface area contributed by atoms with Crippen molar-refractivity contribution in [2.45, 2.75) is 19.9 Å². The molecule has 7 heteroatoms. The quantitative estimate of drug-likeness (QED) is 0.494. The maximum Gasteiger partial charge on any atom is 0.200 e. The second-order valence-corrected chi connectivity index (χ2v) is 5.02. The summed E-state index contributed by atoms with van der Waals surface area (Å²) in [7, 11) is 0. The molecule has 20 heavy (non-hydrogen) atoms. The molecule has 0 bridgehead atoms. The van der Waals surface area contributed by atoms with Crippen molar-refractivity contribution in [1.82, 2.24) is 0 Å². The smallest absolute Gasteiger partial charge is 0.200 e. The van der Waals surface area contributed by atoms with Crippen LogP contribution >= 0.6 is 11.3 Å². The number of aryl methyl sites for hydroxylation is 1. The van der Waals surface area contributed by atoms with Crippen molar-refractivity contribution in [3.05, 3.63) is 51.0 Å². The van der Waals surface area contributed by atoms with Crippen molar-refractivity contribution in [3.8, 4) is 0 Å². The molecule has 1 aromatic heterocycles. The minimum absolute atomic E-state index is 0.000801. The van der Waals surface area contributed by atoms with Crippen LogP contribution in [0.1, 0.15) is 17.4 Å². The molecule has 0 saturated heterocycles. The zero-order valence-corrected chi connectivity index (χ0v) is 11.2. The summed E-state index contributed by atoms with van der Waals surface area (Å²) in [6.07, 6.45) is 0.720. The molecule has 0 aliphatic rings. The van der Waals surface area contributed by atoms with Gasteiger partial charge in [-0.05, 0) is 23.4 Å². The number of anilines is 1. The Labute approximate surface area is 116 Å². The Hall–Kier alpha value is -1.63. The Morgan fingerprint density at radius 1 is 0.950 bits per heavy atom. The van der Waals surface area contributed by atoms with Gasteiger partial charge in [-0.2, -0.15) is 0 Å². The maximum atomic E-state index is 13.4. The predicted molar refractivity (Wildman–Crippen MR) is 67.3 cm³/mol. The average molecular weight is 307 g/mol. The van der Waals surface area contributed by atoms with Gasteiger partial charge in [-0.25, -0.2) is 22.0 Å². The van der Waals surface area contributed by atoms with Gasteiger partial charge in [-0.3, -0.25) is 0 Å². The van der Waals surface area contributed by atoms with E-state index in [1.165, 1.54) is 11.3 Å². The number of rotatable bonds is 4. The molecule has 2 aromatic rings. The lowest BCUT2D eigenvalue weighted by Crippen LogP contribution is -2.09. The van der Waals surface area contributed by atoms with Crippen LogP contribution < -0.4 is 5.32 Å². The molecule has 0 amide bonds. The van der Waals surface area contributed by atoms with Gasteiger partial charge >= 0.3 is 0 Å². The molecule has 0 radical (unpaired) electrons. The van der Waals surface area contributed by atoms with E-state index in [0.29, 0.717) is 0 Å². The summed E-state index contributed by atoms with van der Waals surface area (Å²) in [5, 5.41) is 4.08. The monoisotopic (exact) mass is 307 g/mol. The molecule has 0 spiro atoms.